The van der Waals surface area contributed by atoms with Crippen molar-refractivity contribution in [1.29, 1.82) is 0 Å². The van der Waals surface area contributed by atoms with Crippen molar-refractivity contribution in [1.82, 2.24) is 14.5 Å². The molecule has 0 unspecified atom stereocenters. The third-order valence-corrected chi connectivity index (χ3v) is 12.7. The molecule has 1 N–H and O–H groups in total. The number of pyridine rings is 1. The van der Waals surface area contributed by atoms with Gasteiger partial charge in [0.15, 0.2) is 20.6 Å². The van der Waals surface area contributed by atoms with E-state index in [9.17, 15) is 13.2 Å². The van der Waals surface area contributed by atoms with Crippen LogP contribution in [0.4, 0.5) is 10.8 Å². The Kier molecular flexibility index (Phi) is 7.09. The van der Waals surface area contributed by atoms with Crippen molar-refractivity contribution in [2.45, 2.75) is 94.4 Å². The Hall–Kier alpha value is -1.94. The number of hydrogen-bond donors (Lipinski definition) is 1. The summed E-state index contributed by atoms with van der Waals surface area (Å²) in [5.41, 5.74) is 2.34. The molecule has 1 spiro atoms. The molecule has 1 aromatic carbocycles. The minimum atomic E-state index is -3.37. The van der Waals surface area contributed by atoms with Gasteiger partial charge in [0.05, 0.1) is 14.8 Å². The van der Waals surface area contributed by atoms with Gasteiger partial charge in [0.25, 0.3) is 5.56 Å². The average Bonchev–Trinajstić information content (AvgIpc) is 3.54. The fraction of sp³-hybridized carbons (Fsp3) is 0.586. The molecule has 210 valence electrons. The number of hydrogen-bond acceptors (Lipinski definition) is 7. The van der Waals surface area contributed by atoms with Gasteiger partial charge in [0.1, 0.15) is 5.02 Å². The second-order valence-corrected chi connectivity index (χ2v) is 15.8. The van der Waals surface area contributed by atoms with Crippen LogP contribution in [0.1, 0.15) is 76.8 Å². The van der Waals surface area contributed by atoms with Crippen LogP contribution >= 0.6 is 22.9 Å². The van der Waals surface area contributed by atoms with Crippen LogP contribution < -0.4 is 10.9 Å². The summed E-state index contributed by atoms with van der Waals surface area (Å²) in [6.07, 6.45) is 7.88. The number of piperidine rings is 1. The lowest BCUT2D eigenvalue weighted by atomic mass is 9.63. The lowest BCUT2D eigenvalue weighted by Gasteiger charge is -2.52. The Bertz CT molecular complexity index is 1560. The second-order valence-electron chi connectivity index (χ2n) is 12.1. The molecule has 0 atom stereocenters. The number of likely N-dealkylation sites (tertiary alicyclic amines) is 1. The molecule has 3 aliphatic rings. The van der Waals surface area contributed by atoms with Gasteiger partial charge in [0, 0.05) is 17.8 Å². The molecule has 0 amide bonds. The number of thiazole rings is 1. The molecule has 3 heterocycles. The number of fused-ring (bicyclic) bond motifs is 1. The van der Waals surface area contributed by atoms with Crippen molar-refractivity contribution in [2.24, 2.45) is 5.41 Å². The molecular weight excluding hydrogens is 552 g/mol. The number of nitrogens with one attached hydrogen (secondary N) is 1. The van der Waals surface area contributed by atoms with Crippen LogP contribution in [0.2, 0.25) is 5.02 Å². The molecule has 7 nitrogen and oxygen atoms in total. The number of nitrogens with zero attached hydrogens (tertiary/aromatic N) is 3. The van der Waals surface area contributed by atoms with Crippen molar-refractivity contribution >= 4 is 53.9 Å². The molecule has 2 aromatic heterocycles. The molecule has 3 fully saturated rings. The molecule has 10 heteroatoms. The average molecular weight is 589 g/mol. The Balaban J connectivity index is 1.19. The third kappa shape index (κ3) is 4.94. The maximum absolute atomic E-state index is 13.5. The number of halogens is 1. The van der Waals surface area contributed by atoms with Crippen molar-refractivity contribution in [3.8, 4) is 0 Å². The van der Waals surface area contributed by atoms with Crippen LogP contribution in [-0.2, 0) is 9.84 Å². The fourth-order valence-corrected chi connectivity index (χ4v) is 10.2. The first kappa shape index (κ1) is 27.2. The maximum Gasteiger partial charge on any atom is 0.271 e. The summed E-state index contributed by atoms with van der Waals surface area (Å²) in [4.78, 5) is 20.5. The highest BCUT2D eigenvalue weighted by atomic mass is 35.5. The first-order valence-electron chi connectivity index (χ1n) is 14.1. The van der Waals surface area contributed by atoms with Crippen molar-refractivity contribution in [3.05, 3.63) is 45.2 Å². The normalized spacial score (nSPS) is 20.7. The summed E-state index contributed by atoms with van der Waals surface area (Å²) < 4.78 is 29.6. The largest absolute Gasteiger partial charge is 0.331 e. The van der Waals surface area contributed by atoms with Crippen LogP contribution in [0, 0.1) is 12.3 Å². The number of rotatable bonds is 6. The number of benzene rings is 1. The Morgan fingerprint density at radius 2 is 1.82 bits per heavy atom. The SMILES string of the molecule is Cc1cc(S(=O)(=O)C2CC3(CCN(C(C)C)CC3)C2)ccc1Nc1nc2c(cc(Cl)c(=O)n2C2CCCC2)s1. The molecule has 39 heavy (non-hydrogen) atoms. The number of aryl methyl sites for hydroxylation is 1. The van der Waals surface area contributed by atoms with Crippen LogP contribution in [0.15, 0.2) is 34.0 Å². The Morgan fingerprint density at radius 3 is 2.46 bits per heavy atom. The number of aromatic nitrogens is 2. The summed E-state index contributed by atoms with van der Waals surface area (Å²) >= 11 is 7.75. The third-order valence-electron chi connectivity index (χ3n) is 9.35. The van der Waals surface area contributed by atoms with Crippen LogP contribution in [0.5, 0.6) is 0 Å². The van der Waals surface area contributed by atoms with E-state index in [0.29, 0.717) is 21.7 Å². The smallest absolute Gasteiger partial charge is 0.271 e. The quantitative estimate of drug-likeness (QED) is 0.345. The molecule has 3 aromatic rings. The summed E-state index contributed by atoms with van der Waals surface area (Å²) in [7, 11) is -3.37. The van der Waals surface area contributed by atoms with Gasteiger partial charge >= 0.3 is 0 Å². The molecule has 0 radical (unpaired) electrons. The predicted octanol–water partition coefficient (Wildman–Crippen LogP) is 6.71. The highest BCUT2D eigenvalue weighted by Crippen LogP contribution is 2.53. The molecule has 1 saturated heterocycles. The van der Waals surface area contributed by atoms with Crippen LogP contribution in [-0.4, -0.2) is 47.3 Å². The van der Waals surface area contributed by atoms with E-state index in [-0.39, 0.29) is 27.3 Å². The molecule has 2 saturated carbocycles. The maximum atomic E-state index is 13.5. The molecule has 2 aliphatic carbocycles. The van der Waals surface area contributed by atoms with Crippen molar-refractivity contribution in [2.75, 3.05) is 18.4 Å². The summed E-state index contributed by atoms with van der Waals surface area (Å²) in [6, 6.07) is 7.72. The van der Waals surface area contributed by atoms with Crippen molar-refractivity contribution < 1.29 is 8.42 Å². The zero-order valence-electron chi connectivity index (χ0n) is 22.9. The molecule has 6 rings (SSSR count). The van der Waals surface area contributed by atoms with Gasteiger partial charge in [-0.25, -0.2) is 13.4 Å². The van der Waals surface area contributed by atoms with E-state index in [2.05, 4.69) is 24.1 Å². The van der Waals surface area contributed by atoms with Gasteiger partial charge in [-0.15, -0.1) is 0 Å². The van der Waals surface area contributed by atoms with Gasteiger partial charge in [-0.2, -0.15) is 0 Å². The summed E-state index contributed by atoms with van der Waals surface area (Å²) in [6.45, 7) is 8.52. The first-order valence-corrected chi connectivity index (χ1v) is 16.9. The summed E-state index contributed by atoms with van der Waals surface area (Å²) in [5, 5.41) is 3.95. The number of anilines is 2. The van der Waals surface area contributed by atoms with E-state index in [4.69, 9.17) is 16.6 Å². The minimum Gasteiger partial charge on any atom is -0.331 e. The zero-order chi connectivity index (χ0) is 27.5. The van der Waals surface area contributed by atoms with E-state index in [1.807, 2.05) is 13.0 Å². The first-order chi connectivity index (χ1) is 18.6. The van der Waals surface area contributed by atoms with Gasteiger partial charge in [-0.1, -0.05) is 35.8 Å². The molecular formula is C29H37ClN4O3S2. The van der Waals surface area contributed by atoms with Gasteiger partial charge in [-0.3, -0.25) is 9.36 Å². The van der Waals surface area contributed by atoms with Gasteiger partial charge in [-0.05, 0) is 108 Å². The highest BCUT2D eigenvalue weighted by molar-refractivity contribution is 7.92. The molecule has 0 bridgehead atoms. The number of sulfone groups is 1. The monoisotopic (exact) mass is 588 g/mol. The highest BCUT2D eigenvalue weighted by Gasteiger charge is 2.51. The Labute approximate surface area is 239 Å². The topological polar surface area (TPSA) is 84.3 Å². The molecule has 1 aliphatic heterocycles. The van der Waals surface area contributed by atoms with E-state index < -0.39 is 9.84 Å². The minimum absolute atomic E-state index is 0.133. The Morgan fingerprint density at radius 1 is 1.13 bits per heavy atom. The lowest BCUT2D eigenvalue weighted by molar-refractivity contribution is 0.0246. The second kappa shape index (κ2) is 10.2. The van der Waals surface area contributed by atoms with Crippen LogP contribution in [0.3, 0.4) is 0 Å². The van der Waals surface area contributed by atoms with Gasteiger partial charge in [0.2, 0.25) is 0 Å². The lowest BCUT2D eigenvalue weighted by Crippen LogP contribution is -2.52. The van der Waals surface area contributed by atoms with Crippen molar-refractivity contribution in [3.63, 3.8) is 0 Å². The van der Waals surface area contributed by atoms with E-state index in [1.54, 1.807) is 22.8 Å². The predicted molar refractivity (Wildman–Crippen MR) is 159 cm³/mol. The summed E-state index contributed by atoms with van der Waals surface area (Å²) in [5.74, 6) is 0. The van der Waals surface area contributed by atoms with E-state index >= 15 is 0 Å². The standard InChI is InChI=1S/C29H37ClN4O3S2/c1-18(2)33-12-10-29(11-13-33)16-22(17-29)39(36,37)21-8-9-24(19(3)14-21)31-28-32-26-25(38-28)15-23(30)27(35)34(26)20-6-4-5-7-20/h8-9,14-15,18,20,22H,4-7,10-13,16-17H2,1-3H3,(H,31,32). The zero-order valence-corrected chi connectivity index (χ0v) is 25.3. The van der Waals surface area contributed by atoms with Crippen LogP contribution in [0.25, 0.3) is 10.3 Å². The van der Waals surface area contributed by atoms with E-state index in [0.717, 1.165) is 80.4 Å². The fourth-order valence-electron chi connectivity index (χ4n) is 6.84. The van der Waals surface area contributed by atoms with Gasteiger partial charge < -0.3 is 10.2 Å². The van der Waals surface area contributed by atoms with E-state index in [1.165, 1.54) is 11.3 Å².